The molecule has 3 aromatic rings. The maximum absolute atomic E-state index is 12.0. The Labute approximate surface area is 206 Å². The van der Waals surface area contributed by atoms with Crippen molar-refractivity contribution < 1.29 is 9.90 Å². The van der Waals surface area contributed by atoms with Gasteiger partial charge in [0.25, 0.3) is 0 Å². The Morgan fingerprint density at radius 3 is 2.71 bits per heavy atom. The van der Waals surface area contributed by atoms with Crippen LogP contribution in [0.3, 0.4) is 0 Å². The third kappa shape index (κ3) is 3.76. The molecule has 0 bridgehead atoms. The van der Waals surface area contributed by atoms with E-state index < -0.39 is 0 Å². The van der Waals surface area contributed by atoms with Gasteiger partial charge < -0.3 is 14.9 Å². The van der Waals surface area contributed by atoms with Crippen molar-refractivity contribution >= 4 is 22.6 Å². The first-order valence-electron chi connectivity index (χ1n) is 12.5. The van der Waals surface area contributed by atoms with Crippen molar-refractivity contribution in [1.82, 2.24) is 14.9 Å². The molecular weight excluding hydrogens is 436 g/mol. The van der Waals surface area contributed by atoms with E-state index in [1.807, 2.05) is 35.2 Å². The summed E-state index contributed by atoms with van der Waals surface area (Å²) in [6, 6.07) is 11.8. The number of phenols is 1. The molecule has 6 nitrogen and oxygen atoms in total. The fourth-order valence-corrected chi connectivity index (χ4v) is 6.20. The molecule has 0 atom stereocenters. The van der Waals surface area contributed by atoms with E-state index in [9.17, 15) is 9.90 Å². The number of fused-ring (bicyclic) bond motifs is 2. The number of aromatic nitrogens is 2. The highest BCUT2D eigenvalue weighted by atomic mass is 16.3. The second kappa shape index (κ2) is 7.80. The highest BCUT2D eigenvalue weighted by molar-refractivity contribution is 5.98. The number of amides is 1. The lowest BCUT2D eigenvalue weighted by atomic mass is 9.75. The molecule has 2 saturated heterocycles. The van der Waals surface area contributed by atoms with Crippen LogP contribution in [0.4, 0.5) is 5.95 Å². The van der Waals surface area contributed by atoms with Crippen LogP contribution in [-0.4, -0.2) is 52.1 Å². The van der Waals surface area contributed by atoms with E-state index >= 15 is 0 Å². The predicted molar refractivity (Wildman–Crippen MR) is 138 cm³/mol. The minimum atomic E-state index is 0.0133. The number of carbonyl (C=O) groups excluding carboxylic acids is 1. The van der Waals surface area contributed by atoms with Crippen LogP contribution < -0.4 is 4.90 Å². The number of hydrogen-bond acceptors (Lipinski definition) is 5. The van der Waals surface area contributed by atoms with Crippen molar-refractivity contribution in [2.45, 2.75) is 39.5 Å². The molecule has 1 amide bonds. The number of carbonyl (C=O) groups is 1. The molecule has 0 radical (unpaired) electrons. The SMILES string of the molecule is C=CC(=O)N1CC2(CCN(c3nc4c(c(-c5cc(O)cc6ccccc56)n3)CCC(C)(C)C4)C2)C1. The van der Waals surface area contributed by atoms with Gasteiger partial charge in [-0.1, -0.05) is 44.7 Å². The zero-order chi connectivity index (χ0) is 24.4. The Bertz CT molecular complexity index is 1360. The quantitative estimate of drug-likeness (QED) is 0.562. The molecule has 6 rings (SSSR count). The van der Waals surface area contributed by atoms with E-state index in [-0.39, 0.29) is 22.5 Å². The van der Waals surface area contributed by atoms with Gasteiger partial charge in [-0.2, -0.15) is 0 Å². The first-order valence-corrected chi connectivity index (χ1v) is 12.5. The average Bonchev–Trinajstić information content (AvgIpc) is 3.26. The topological polar surface area (TPSA) is 69.6 Å². The number of phenolic OH excluding ortho intramolecular Hbond substituents is 1. The number of nitrogens with zero attached hydrogens (tertiary/aromatic N) is 4. The monoisotopic (exact) mass is 468 g/mol. The summed E-state index contributed by atoms with van der Waals surface area (Å²) in [5, 5.41) is 12.6. The highest BCUT2D eigenvalue weighted by Gasteiger charge is 2.49. The van der Waals surface area contributed by atoms with Gasteiger partial charge in [0.15, 0.2) is 0 Å². The van der Waals surface area contributed by atoms with E-state index in [0.29, 0.717) is 0 Å². The summed E-state index contributed by atoms with van der Waals surface area (Å²) in [4.78, 5) is 26.5. The maximum atomic E-state index is 12.0. The van der Waals surface area contributed by atoms with Crippen LogP contribution in [0.15, 0.2) is 49.1 Å². The Balaban J connectivity index is 1.42. The number of rotatable bonds is 3. The van der Waals surface area contributed by atoms with Crippen LogP contribution in [0.2, 0.25) is 0 Å². The third-order valence-corrected chi connectivity index (χ3v) is 8.14. The molecule has 1 aliphatic carbocycles. The van der Waals surface area contributed by atoms with E-state index in [0.717, 1.165) is 85.5 Å². The number of aromatic hydroxyl groups is 1. The summed E-state index contributed by atoms with van der Waals surface area (Å²) in [6.45, 7) is 11.5. The van der Waals surface area contributed by atoms with Gasteiger partial charge in [-0.25, -0.2) is 9.97 Å². The normalized spacial score (nSPS) is 20.1. The summed E-state index contributed by atoms with van der Waals surface area (Å²) >= 11 is 0. The van der Waals surface area contributed by atoms with Crippen molar-refractivity contribution in [2.24, 2.45) is 10.8 Å². The standard InChI is InChI=1S/C29H32N4O2/c1-4-25(35)33-17-29(18-33)11-12-32(16-29)27-30-24-15-28(2,3)10-9-22(24)26(31-27)23-14-20(34)13-19-7-5-6-8-21(19)23/h4-8,13-14,34H,1,9-12,15-18H2,2-3H3. The second-order valence-electron chi connectivity index (χ2n) is 11.4. The van der Waals surface area contributed by atoms with Crippen molar-refractivity contribution in [2.75, 3.05) is 31.1 Å². The lowest BCUT2D eigenvalue weighted by Crippen LogP contribution is -2.59. The Morgan fingerprint density at radius 1 is 1.11 bits per heavy atom. The predicted octanol–water partition coefficient (Wildman–Crippen LogP) is 4.74. The molecule has 1 spiro atoms. The van der Waals surface area contributed by atoms with Crippen LogP contribution in [0, 0.1) is 10.8 Å². The molecule has 3 aliphatic rings. The Kier molecular flexibility index (Phi) is 4.92. The Hall–Kier alpha value is -3.41. The molecule has 1 aromatic heterocycles. The van der Waals surface area contributed by atoms with Gasteiger partial charge in [0.2, 0.25) is 11.9 Å². The van der Waals surface area contributed by atoms with Gasteiger partial charge in [0.1, 0.15) is 5.75 Å². The number of hydrogen-bond donors (Lipinski definition) is 1. The molecular formula is C29H32N4O2. The largest absolute Gasteiger partial charge is 0.508 e. The first kappa shape index (κ1) is 22.1. The van der Waals surface area contributed by atoms with Crippen LogP contribution in [-0.2, 0) is 17.6 Å². The second-order valence-corrected chi connectivity index (χ2v) is 11.4. The lowest BCUT2D eigenvalue weighted by Gasteiger charge is -2.47. The summed E-state index contributed by atoms with van der Waals surface area (Å²) in [5.74, 6) is 1.04. The van der Waals surface area contributed by atoms with E-state index in [4.69, 9.17) is 9.97 Å². The first-order chi connectivity index (χ1) is 16.8. The van der Waals surface area contributed by atoms with Crippen LogP contribution >= 0.6 is 0 Å². The van der Waals surface area contributed by atoms with Gasteiger partial charge in [-0.15, -0.1) is 0 Å². The minimum absolute atomic E-state index is 0.0133. The summed E-state index contributed by atoms with van der Waals surface area (Å²) in [5.41, 5.74) is 4.58. The van der Waals surface area contributed by atoms with E-state index in [1.165, 1.54) is 11.6 Å². The molecule has 1 N–H and O–H groups in total. The smallest absolute Gasteiger partial charge is 0.245 e. The zero-order valence-corrected chi connectivity index (χ0v) is 20.5. The molecule has 0 unspecified atom stereocenters. The van der Waals surface area contributed by atoms with Crippen molar-refractivity contribution in [3.63, 3.8) is 0 Å². The number of benzene rings is 2. The molecule has 3 heterocycles. The van der Waals surface area contributed by atoms with E-state index in [2.05, 4.69) is 31.4 Å². The van der Waals surface area contributed by atoms with Crippen molar-refractivity contribution in [3.05, 3.63) is 60.3 Å². The molecule has 2 aromatic carbocycles. The molecule has 0 saturated carbocycles. The highest BCUT2D eigenvalue weighted by Crippen LogP contribution is 2.44. The van der Waals surface area contributed by atoms with Gasteiger partial charge >= 0.3 is 0 Å². The molecule has 2 fully saturated rings. The fraction of sp³-hybridized carbons (Fsp3) is 0.414. The molecule has 35 heavy (non-hydrogen) atoms. The third-order valence-electron chi connectivity index (χ3n) is 8.14. The fourth-order valence-electron chi connectivity index (χ4n) is 6.20. The summed E-state index contributed by atoms with van der Waals surface area (Å²) < 4.78 is 0. The van der Waals surface area contributed by atoms with Crippen LogP contribution in [0.5, 0.6) is 5.75 Å². The minimum Gasteiger partial charge on any atom is -0.508 e. The summed E-state index contributed by atoms with van der Waals surface area (Å²) in [6.07, 6.45) is 5.38. The van der Waals surface area contributed by atoms with Crippen LogP contribution in [0.1, 0.15) is 37.9 Å². The van der Waals surface area contributed by atoms with Crippen LogP contribution in [0.25, 0.3) is 22.0 Å². The zero-order valence-electron chi connectivity index (χ0n) is 20.5. The van der Waals surface area contributed by atoms with Crippen molar-refractivity contribution in [3.8, 4) is 17.0 Å². The molecule has 2 aliphatic heterocycles. The number of likely N-dealkylation sites (tertiary alicyclic amines) is 1. The lowest BCUT2D eigenvalue weighted by molar-refractivity contribution is -0.136. The molecule has 180 valence electrons. The van der Waals surface area contributed by atoms with Gasteiger partial charge in [-0.05, 0) is 60.1 Å². The Morgan fingerprint density at radius 2 is 1.91 bits per heavy atom. The van der Waals surface area contributed by atoms with Gasteiger partial charge in [0.05, 0.1) is 11.4 Å². The van der Waals surface area contributed by atoms with Gasteiger partial charge in [0, 0.05) is 42.7 Å². The summed E-state index contributed by atoms with van der Waals surface area (Å²) in [7, 11) is 0. The van der Waals surface area contributed by atoms with E-state index in [1.54, 1.807) is 0 Å². The van der Waals surface area contributed by atoms with Gasteiger partial charge in [-0.3, -0.25) is 4.79 Å². The number of anilines is 1. The van der Waals surface area contributed by atoms with Crippen molar-refractivity contribution in [1.29, 1.82) is 0 Å². The molecule has 6 heteroatoms. The maximum Gasteiger partial charge on any atom is 0.245 e. The average molecular weight is 469 g/mol.